The fourth-order valence-electron chi connectivity index (χ4n) is 5.44. The first kappa shape index (κ1) is 47.0. The molecule has 0 spiro atoms. The molecule has 0 amide bonds. The van der Waals surface area contributed by atoms with Crippen molar-refractivity contribution in [3.63, 3.8) is 0 Å². The number of carbonyl (C=O) groups is 1. The summed E-state index contributed by atoms with van der Waals surface area (Å²) in [6.07, 6.45) is 39.0. The van der Waals surface area contributed by atoms with Gasteiger partial charge < -0.3 is 20.1 Å². The van der Waals surface area contributed by atoms with Crippen LogP contribution in [0.25, 0.3) is 0 Å². The van der Waals surface area contributed by atoms with Gasteiger partial charge >= 0.3 is 13.8 Å². The van der Waals surface area contributed by atoms with Gasteiger partial charge in [-0.3, -0.25) is 13.8 Å². The number of ether oxygens (including phenoxy) is 2. The summed E-state index contributed by atoms with van der Waals surface area (Å²) < 4.78 is 33.3. The molecule has 0 saturated carbocycles. The lowest BCUT2D eigenvalue weighted by atomic mass is 10.0. The van der Waals surface area contributed by atoms with E-state index in [9.17, 15) is 14.3 Å². The minimum atomic E-state index is -4.27. The molecule has 8 nitrogen and oxygen atoms in total. The summed E-state index contributed by atoms with van der Waals surface area (Å²) >= 11 is 0. The molecule has 0 bridgehead atoms. The average molecular weight is 702 g/mol. The van der Waals surface area contributed by atoms with Crippen LogP contribution in [0.1, 0.15) is 181 Å². The molecule has 0 aromatic rings. The first-order valence-electron chi connectivity index (χ1n) is 19.8. The Balaban J connectivity index is 4.09. The molecule has 2 atom stereocenters. The topological polar surface area (TPSA) is 117 Å². The van der Waals surface area contributed by atoms with Gasteiger partial charge in [-0.2, -0.15) is 0 Å². The first-order valence-corrected chi connectivity index (χ1v) is 21.3. The van der Waals surface area contributed by atoms with Crippen LogP contribution in [0.3, 0.4) is 0 Å². The van der Waals surface area contributed by atoms with Gasteiger partial charge in [-0.15, -0.1) is 0 Å². The van der Waals surface area contributed by atoms with Gasteiger partial charge in [0.25, 0.3) is 0 Å². The lowest BCUT2D eigenvalue weighted by Crippen LogP contribution is -2.28. The van der Waals surface area contributed by atoms with E-state index in [4.69, 9.17) is 24.3 Å². The molecule has 0 saturated heterocycles. The van der Waals surface area contributed by atoms with E-state index >= 15 is 0 Å². The molecule has 0 aliphatic rings. The third-order valence-corrected chi connectivity index (χ3v) is 9.36. The second-order valence-electron chi connectivity index (χ2n) is 13.1. The van der Waals surface area contributed by atoms with Gasteiger partial charge in [0, 0.05) is 19.6 Å². The van der Waals surface area contributed by atoms with Crippen LogP contribution in [0.4, 0.5) is 0 Å². The number of carbonyl (C=O) groups excluding carboxylic acids is 1. The zero-order chi connectivity index (χ0) is 35.2. The van der Waals surface area contributed by atoms with Crippen molar-refractivity contribution in [2.45, 2.75) is 187 Å². The van der Waals surface area contributed by atoms with E-state index in [-0.39, 0.29) is 32.3 Å². The van der Waals surface area contributed by atoms with Gasteiger partial charge in [-0.05, 0) is 44.9 Å². The zero-order valence-corrected chi connectivity index (χ0v) is 32.1. The van der Waals surface area contributed by atoms with Crippen molar-refractivity contribution < 1.29 is 32.8 Å². The van der Waals surface area contributed by atoms with Gasteiger partial charge in [0.05, 0.1) is 19.8 Å². The molecule has 48 heavy (non-hydrogen) atoms. The van der Waals surface area contributed by atoms with Crippen molar-refractivity contribution in [3.05, 3.63) is 24.3 Å². The summed E-state index contributed by atoms with van der Waals surface area (Å²) in [6.45, 7) is 4.89. The maximum Gasteiger partial charge on any atom is 0.472 e. The number of phosphoric acid groups is 1. The summed E-state index contributed by atoms with van der Waals surface area (Å²) in [6, 6.07) is 0. The number of allylic oxidation sites excluding steroid dienone is 4. The summed E-state index contributed by atoms with van der Waals surface area (Å²) in [7, 11) is -4.27. The van der Waals surface area contributed by atoms with Gasteiger partial charge in [-0.1, -0.05) is 154 Å². The molecule has 0 aliphatic heterocycles. The molecule has 0 radical (unpaired) electrons. The Morgan fingerprint density at radius 1 is 0.625 bits per heavy atom. The van der Waals surface area contributed by atoms with E-state index in [1.54, 1.807) is 0 Å². The molecule has 0 heterocycles. The van der Waals surface area contributed by atoms with Gasteiger partial charge in [-0.25, -0.2) is 4.57 Å². The molecule has 3 N–H and O–H groups in total. The van der Waals surface area contributed by atoms with Crippen molar-refractivity contribution >= 4 is 13.8 Å². The number of nitrogens with two attached hydrogens (primary N) is 1. The van der Waals surface area contributed by atoms with Crippen LogP contribution in [-0.2, 0) is 27.9 Å². The van der Waals surface area contributed by atoms with Gasteiger partial charge in [0.2, 0.25) is 0 Å². The van der Waals surface area contributed by atoms with Gasteiger partial charge in [0.1, 0.15) is 6.10 Å². The molecule has 9 heteroatoms. The van der Waals surface area contributed by atoms with Crippen molar-refractivity contribution in [3.8, 4) is 0 Å². The molecular formula is C39H76NO7P. The summed E-state index contributed by atoms with van der Waals surface area (Å²) in [5.74, 6) is -0.343. The van der Waals surface area contributed by atoms with Crippen molar-refractivity contribution in [2.75, 3.05) is 33.0 Å². The SMILES string of the molecule is CCCCC/C=C\C/C=C\CCCCCCCC(=O)O[C@H](COCCCCCCCCCCCCCCCC)COP(=O)(O)OCCN. The Kier molecular flexibility index (Phi) is 36.4. The quantitative estimate of drug-likeness (QED) is 0.0283. The molecule has 0 aliphatic carbocycles. The summed E-state index contributed by atoms with van der Waals surface area (Å²) in [5, 5.41) is 0. The smallest absolute Gasteiger partial charge is 0.457 e. The minimum absolute atomic E-state index is 0.0965. The van der Waals surface area contributed by atoms with Crippen LogP contribution in [0.5, 0.6) is 0 Å². The van der Waals surface area contributed by atoms with Crippen molar-refractivity contribution in [2.24, 2.45) is 5.73 Å². The highest BCUT2D eigenvalue weighted by atomic mass is 31.2. The largest absolute Gasteiger partial charge is 0.472 e. The Morgan fingerprint density at radius 2 is 1.10 bits per heavy atom. The van der Waals surface area contributed by atoms with E-state index in [1.807, 2.05) is 0 Å². The van der Waals surface area contributed by atoms with E-state index < -0.39 is 13.9 Å². The Bertz CT molecular complexity index is 792. The molecule has 0 aromatic carbocycles. The van der Waals surface area contributed by atoms with E-state index in [2.05, 4.69) is 38.2 Å². The summed E-state index contributed by atoms with van der Waals surface area (Å²) in [5.41, 5.74) is 5.35. The number of unbranched alkanes of at least 4 members (excludes halogenated alkanes) is 21. The highest BCUT2D eigenvalue weighted by Crippen LogP contribution is 2.43. The molecule has 0 aromatic heterocycles. The predicted molar refractivity (Wildman–Crippen MR) is 201 cm³/mol. The Hall–Kier alpha value is -1.02. The molecule has 0 fully saturated rings. The number of rotatable bonds is 38. The molecule has 284 valence electrons. The molecule has 1 unspecified atom stereocenters. The normalized spacial score (nSPS) is 13.8. The fourth-order valence-corrected chi connectivity index (χ4v) is 6.20. The number of hydrogen-bond acceptors (Lipinski definition) is 7. The standard InChI is InChI=1S/C39H76NO7P/c1-3-5-7-9-11-13-15-17-19-20-22-24-26-28-30-32-39(41)47-38(37-46-48(42,43)45-35-33-40)36-44-34-31-29-27-25-23-21-18-16-14-12-10-8-6-4-2/h11,13,17,19,38H,3-10,12,14-16,18,20-37,40H2,1-2H3,(H,42,43)/b13-11-,19-17-/t38-/m1/s1. The lowest BCUT2D eigenvalue weighted by molar-refractivity contribution is -0.154. The maximum atomic E-state index is 12.5. The van der Waals surface area contributed by atoms with Crippen LogP contribution in [-0.4, -0.2) is 49.9 Å². The van der Waals surface area contributed by atoms with E-state index in [1.165, 1.54) is 103 Å². The van der Waals surface area contributed by atoms with Crippen LogP contribution < -0.4 is 5.73 Å². The van der Waals surface area contributed by atoms with E-state index in [0.29, 0.717) is 13.0 Å². The second-order valence-corrected chi connectivity index (χ2v) is 14.6. The number of hydrogen-bond donors (Lipinski definition) is 2. The fraction of sp³-hybridized carbons (Fsp3) is 0.872. The lowest BCUT2D eigenvalue weighted by Gasteiger charge is -2.20. The van der Waals surface area contributed by atoms with Crippen molar-refractivity contribution in [1.29, 1.82) is 0 Å². The summed E-state index contributed by atoms with van der Waals surface area (Å²) in [4.78, 5) is 22.4. The predicted octanol–water partition coefficient (Wildman–Crippen LogP) is 11.3. The van der Waals surface area contributed by atoms with Gasteiger partial charge in [0.15, 0.2) is 0 Å². The Labute approximate surface area is 296 Å². The van der Waals surface area contributed by atoms with Crippen LogP contribution >= 0.6 is 7.82 Å². The van der Waals surface area contributed by atoms with E-state index in [0.717, 1.165) is 57.8 Å². The van der Waals surface area contributed by atoms with Crippen LogP contribution in [0.15, 0.2) is 24.3 Å². The third-order valence-electron chi connectivity index (χ3n) is 8.37. The number of esters is 1. The van der Waals surface area contributed by atoms with Crippen molar-refractivity contribution in [1.82, 2.24) is 0 Å². The minimum Gasteiger partial charge on any atom is -0.457 e. The number of phosphoric ester groups is 1. The highest BCUT2D eigenvalue weighted by Gasteiger charge is 2.25. The Morgan fingerprint density at radius 3 is 1.67 bits per heavy atom. The third kappa shape index (κ3) is 36.3. The zero-order valence-electron chi connectivity index (χ0n) is 31.2. The highest BCUT2D eigenvalue weighted by molar-refractivity contribution is 7.47. The molecular weight excluding hydrogens is 625 g/mol. The molecule has 0 rings (SSSR count). The van der Waals surface area contributed by atoms with Crippen LogP contribution in [0, 0.1) is 0 Å². The van der Waals surface area contributed by atoms with Crippen LogP contribution in [0.2, 0.25) is 0 Å². The first-order chi connectivity index (χ1) is 23.4. The maximum absolute atomic E-state index is 12.5. The second kappa shape index (κ2) is 37.2. The monoisotopic (exact) mass is 702 g/mol. The average Bonchev–Trinajstić information content (AvgIpc) is 3.07.